The van der Waals surface area contributed by atoms with E-state index in [1.807, 2.05) is 6.07 Å². The van der Waals surface area contributed by atoms with Crippen molar-refractivity contribution in [1.29, 1.82) is 0 Å². The lowest BCUT2D eigenvalue weighted by molar-refractivity contribution is -0.147. The van der Waals surface area contributed by atoms with Crippen LogP contribution in [0.5, 0.6) is 17.2 Å². The monoisotopic (exact) mass is 362 g/mol. The first-order valence-electron chi connectivity index (χ1n) is 7.81. The Hall–Kier alpha value is -3.06. The van der Waals surface area contributed by atoms with Gasteiger partial charge in [0, 0.05) is 6.42 Å². The van der Waals surface area contributed by atoms with Crippen molar-refractivity contribution in [1.82, 2.24) is 0 Å². The van der Waals surface area contributed by atoms with Crippen LogP contribution in [0.3, 0.4) is 0 Å². The van der Waals surface area contributed by atoms with Crippen LogP contribution in [0.15, 0.2) is 48.5 Å². The standard InChI is InChI=1S/C10H12O3.C9H10O4/c1-3-10(11)13-9-7-5-4-6-8(9)12-2;1-13-7-4-2-6(3-5-7)8(10)9(11)12/h4-7H,3H2,1-2H3;2-5,8,10H,1H3,(H,11,12). The van der Waals surface area contributed by atoms with Gasteiger partial charge in [-0.15, -0.1) is 0 Å². The van der Waals surface area contributed by atoms with Gasteiger partial charge in [0.1, 0.15) is 5.75 Å². The number of benzene rings is 2. The Labute approximate surface area is 151 Å². The third kappa shape index (κ3) is 6.45. The van der Waals surface area contributed by atoms with Crippen LogP contribution in [0.2, 0.25) is 0 Å². The predicted octanol–water partition coefficient (Wildman–Crippen LogP) is 2.82. The molecule has 1 atom stereocenters. The van der Waals surface area contributed by atoms with Crippen molar-refractivity contribution in [3.8, 4) is 17.2 Å². The molecular formula is C19H22O7. The number of hydrogen-bond acceptors (Lipinski definition) is 6. The Morgan fingerprint density at radius 1 is 0.962 bits per heavy atom. The van der Waals surface area contributed by atoms with Crippen molar-refractivity contribution in [2.75, 3.05) is 14.2 Å². The highest BCUT2D eigenvalue weighted by atomic mass is 16.6. The Morgan fingerprint density at radius 2 is 1.54 bits per heavy atom. The Balaban J connectivity index is 0.000000260. The summed E-state index contributed by atoms with van der Waals surface area (Å²) in [6.07, 6.45) is -1.11. The quantitative estimate of drug-likeness (QED) is 0.602. The van der Waals surface area contributed by atoms with Crippen LogP contribution < -0.4 is 14.2 Å². The molecule has 7 heteroatoms. The molecule has 26 heavy (non-hydrogen) atoms. The Kier molecular flexibility index (Phi) is 8.66. The molecule has 0 bridgehead atoms. The number of aliphatic carboxylic acids is 1. The molecule has 7 nitrogen and oxygen atoms in total. The summed E-state index contributed by atoms with van der Waals surface area (Å²) in [7, 11) is 3.06. The minimum Gasteiger partial charge on any atom is -0.497 e. The average molecular weight is 362 g/mol. The van der Waals surface area contributed by atoms with Crippen LogP contribution in [0.25, 0.3) is 0 Å². The molecule has 0 aromatic heterocycles. The van der Waals surface area contributed by atoms with Crippen molar-refractivity contribution in [3.63, 3.8) is 0 Å². The minimum absolute atomic E-state index is 0.260. The smallest absolute Gasteiger partial charge is 0.337 e. The van der Waals surface area contributed by atoms with E-state index in [0.717, 1.165) is 0 Å². The van der Waals surface area contributed by atoms with Crippen molar-refractivity contribution in [2.45, 2.75) is 19.4 Å². The maximum Gasteiger partial charge on any atom is 0.337 e. The van der Waals surface area contributed by atoms with Gasteiger partial charge in [0.05, 0.1) is 14.2 Å². The summed E-state index contributed by atoms with van der Waals surface area (Å²) >= 11 is 0. The Bertz CT molecular complexity index is 710. The average Bonchev–Trinajstić information content (AvgIpc) is 2.68. The van der Waals surface area contributed by atoms with Crippen LogP contribution >= 0.6 is 0 Å². The summed E-state index contributed by atoms with van der Waals surface area (Å²) in [6.45, 7) is 1.75. The molecule has 0 heterocycles. The summed E-state index contributed by atoms with van der Waals surface area (Å²) in [5, 5.41) is 17.6. The number of para-hydroxylation sites is 2. The number of aliphatic hydroxyl groups excluding tert-OH is 1. The molecule has 1 unspecified atom stereocenters. The van der Waals surface area contributed by atoms with Gasteiger partial charge in [-0.05, 0) is 29.8 Å². The molecule has 0 fully saturated rings. The molecule has 0 saturated carbocycles. The molecule has 0 saturated heterocycles. The number of methoxy groups -OCH3 is 2. The highest BCUT2D eigenvalue weighted by Gasteiger charge is 2.15. The van der Waals surface area contributed by atoms with Crippen molar-refractivity contribution < 1.29 is 34.0 Å². The van der Waals surface area contributed by atoms with E-state index in [1.165, 1.54) is 19.2 Å². The van der Waals surface area contributed by atoms with Gasteiger partial charge >= 0.3 is 11.9 Å². The lowest BCUT2D eigenvalue weighted by Gasteiger charge is -2.07. The molecule has 2 aromatic rings. The SMILES string of the molecule is CCC(=O)Oc1ccccc1OC.COc1ccc(C(O)C(=O)O)cc1. The van der Waals surface area contributed by atoms with Gasteiger partial charge in [0.15, 0.2) is 17.6 Å². The van der Waals surface area contributed by atoms with E-state index >= 15 is 0 Å². The summed E-state index contributed by atoms with van der Waals surface area (Å²) in [6, 6.07) is 13.3. The molecule has 0 aliphatic heterocycles. The first-order chi connectivity index (χ1) is 12.4. The van der Waals surface area contributed by atoms with Crippen LogP contribution in [0.4, 0.5) is 0 Å². The number of carbonyl (C=O) groups excluding carboxylic acids is 1. The van der Waals surface area contributed by atoms with Gasteiger partial charge in [0.25, 0.3) is 0 Å². The molecule has 0 spiro atoms. The zero-order valence-corrected chi connectivity index (χ0v) is 14.8. The topological polar surface area (TPSA) is 102 Å². The van der Waals surface area contributed by atoms with Crippen LogP contribution in [0.1, 0.15) is 25.0 Å². The summed E-state index contributed by atoms with van der Waals surface area (Å²) in [5.74, 6) is 0.150. The lowest BCUT2D eigenvalue weighted by atomic mass is 10.1. The van der Waals surface area contributed by atoms with Crippen LogP contribution in [-0.2, 0) is 9.59 Å². The molecule has 140 valence electrons. The second-order valence-electron chi connectivity index (χ2n) is 4.99. The van der Waals surface area contributed by atoms with Crippen molar-refractivity contribution in [2.24, 2.45) is 0 Å². The fourth-order valence-corrected chi connectivity index (χ4v) is 1.83. The van der Waals surface area contributed by atoms with Crippen molar-refractivity contribution >= 4 is 11.9 Å². The number of carboxylic acid groups (broad SMARTS) is 1. The lowest BCUT2D eigenvalue weighted by Crippen LogP contribution is -2.09. The predicted molar refractivity (Wildman–Crippen MR) is 94.5 cm³/mol. The normalized spacial score (nSPS) is 10.8. The van der Waals surface area contributed by atoms with Crippen LogP contribution in [-0.4, -0.2) is 36.4 Å². The third-order valence-corrected chi connectivity index (χ3v) is 3.25. The highest BCUT2D eigenvalue weighted by Crippen LogP contribution is 2.25. The van der Waals surface area contributed by atoms with Crippen molar-refractivity contribution in [3.05, 3.63) is 54.1 Å². The molecule has 2 aromatic carbocycles. The minimum atomic E-state index is -1.47. The summed E-state index contributed by atoms with van der Waals surface area (Å²) in [4.78, 5) is 21.3. The zero-order valence-electron chi connectivity index (χ0n) is 14.8. The Morgan fingerprint density at radius 3 is 2.00 bits per heavy atom. The molecule has 0 aliphatic carbocycles. The molecule has 2 rings (SSSR count). The zero-order chi connectivity index (χ0) is 19.5. The highest BCUT2D eigenvalue weighted by molar-refractivity contribution is 5.74. The number of carboxylic acids is 1. The van der Waals surface area contributed by atoms with Gasteiger partial charge in [-0.1, -0.05) is 31.2 Å². The van der Waals surface area contributed by atoms with E-state index in [0.29, 0.717) is 29.2 Å². The van der Waals surface area contributed by atoms with E-state index < -0.39 is 12.1 Å². The van der Waals surface area contributed by atoms with Gasteiger partial charge < -0.3 is 24.4 Å². The number of aliphatic hydroxyl groups is 1. The molecule has 0 aliphatic rings. The number of esters is 1. The molecule has 0 radical (unpaired) electrons. The number of ether oxygens (including phenoxy) is 3. The molecule has 0 amide bonds. The number of hydrogen-bond donors (Lipinski definition) is 2. The molecular weight excluding hydrogens is 340 g/mol. The third-order valence-electron chi connectivity index (χ3n) is 3.25. The maximum atomic E-state index is 11.0. The van der Waals surface area contributed by atoms with E-state index in [4.69, 9.17) is 24.4 Å². The fourth-order valence-electron chi connectivity index (χ4n) is 1.83. The number of carbonyl (C=O) groups is 2. The summed E-state index contributed by atoms with van der Waals surface area (Å²) < 4.78 is 14.9. The first kappa shape index (κ1) is 21.0. The first-order valence-corrected chi connectivity index (χ1v) is 7.81. The largest absolute Gasteiger partial charge is 0.497 e. The second kappa shape index (κ2) is 10.7. The fraction of sp³-hybridized carbons (Fsp3) is 0.263. The molecule has 2 N–H and O–H groups in total. The van der Waals surface area contributed by atoms with Crippen LogP contribution in [0, 0.1) is 0 Å². The van der Waals surface area contributed by atoms with E-state index in [-0.39, 0.29) is 5.97 Å². The van der Waals surface area contributed by atoms with E-state index in [2.05, 4.69) is 0 Å². The maximum absolute atomic E-state index is 11.0. The van der Waals surface area contributed by atoms with Gasteiger partial charge in [-0.3, -0.25) is 4.79 Å². The van der Waals surface area contributed by atoms with E-state index in [1.54, 1.807) is 44.4 Å². The van der Waals surface area contributed by atoms with E-state index in [9.17, 15) is 9.59 Å². The number of rotatable bonds is 6. The van der Waals surface area contributed by atoms with Gasteiger partial charge in [-0.2, -0.15) is 0 Å². The van der Waals surface area contributed by atoms with Gasteiger partial charge in [-0.25, -0.2) is 4.79 Å². The second-order valence-corrected chi connectivity index (χ2v) is 4.99. The van der Waals surface area contributed by atoms with Gasteiger partial charge in [0.2, 0.25) is 0 Å². The summed E-state index contributed by atoms with van der Waals surface area (Å²) in [5.41, 5.74) is 0.341.